The maximum Gasteiger partial charge on any atom is 0.333 e. The Bertz CT molecular complexity index is 1620. The fourth-order valence-electron chi connectivity index (χ4n) is 4.55. The normalized spacial score (nSPS) is 15.3. The molecule has 2 unspecified atom stereocenters. The van der Waals surface area contributed by atoms with Crippen LogP contribution in [0.3, 0.4) is 0 Å². The standard InChI is InChI=1S/C30H29FN4O5S/c31-24-8-10-25(11-9-24)34-30(37)35-41(38,39)27-5-1-3-20(16-27)21-7-13-29-22(15-21)6-12-26(40-29)18-33-19-28(36)23-4-2-14-32-17-23/h1-5,7-11,13-17,26,28,33,36H,6,12,18-19H2,(H2,34,35,37). The number of aliphatic hydroxyl groups excluding tert-OH is 1. The number of rotatable bonds is 9. The molecule has 3 aromatic carbocycles. The number of halogens is 1. The summed E-state index contributed by atoms with van der Waals surface area (Å²) < 4.78 is 47.0. The van der Waals surface area contributed by atoms with Crippen LogP contribution in [0.5, 0.6) is 5.75 Å². The van der Waals surface area contributed by atoms with Crippen molar-refractivity contribution >= 4 is 21.7 Å². The number of benzene rings is 3. The van der Waals surface area contributed by atoms with Crippen molar-refractivity contribution in [1.82, 2.24) is 15.0 Å². The number of aryl methyl sites for hydroxylation is 1. The van der Waals surface area contributed by atoms with E-state index in [1.54, 1.807) is 30.6 Å². The molecule has 0 saturated heterocycles. The van der Waals surface area contributed by atoms with Crippen molar-refractivity contribution < 1.29 is 27.4 Å². The zero-order chi connectivity index (χ0) is 28.8. The molecule has 9 nitrogen and oxygen atoms in total. The number of sulfonamides is 1. The minimum absolute atomic E-state index is 0.0463. The number of ether oxygens (including phenoxy) is 1. The minimum Gasteiger partial charge on any atom is -0.489 e. The van der Waals surface area contributed by atoms with E-state index < -0.39 is 28.0 Å². The number of aliphatic hydroxyl groups is 1. The zero-order valence-corrected chi connectivity index (χ0v) is 22.8. The van der Waals surface area contributed by atoms with E-state index in [0.29, 0.717) is 18.7 Å². The lowest BCUT2D eigenvalue weighted by Gasteiger charge is -2.27. The second-order valence-corrected chi connectivity index (χ2v) is 11.3. The van der Waals surface area contributed by atoms with E-state index >= 15 is 0 Å². The number of urea groups is 1. The highest BCUT2D eigenvalue weighted by molar-refractivity contribution is 7.90. The SMILES string of the molecule is O=C(Nc1ccc(F)cc1)NS(=O)(=O)c1cccc(-c2ccc3c(c2)CCC(CNCC(O)c2cccnc2)O3)c1. The Morgan fingerprint density at radius 2 is 1.85 bits per heavy atom. The lowest BCUT2D eigenvalue weighted by atomic mass is 9.97. The van der Waals surface area contributed by atoms with Gasteiger partial charge in [-0.25, -0.2) is 22.3 Å². The van der Waals surface area contributed by atoms with Gasteiger partial charge in [0.2, 0.25) is 0 Å². The van der Waals surface area contributed by atoms with Gasteiger partial charge >= 0.3 is 6.03 Å². The number of nitrogens with one attached hydrogen (secondary N) is 3. The van der Waals surface area contributed by atoms with E-state index in [1.807, 2.05) is 29.0 Å². The summed E-state index contributed by atoms with van der Waals surface area (Å²) in [7, 11) is -4.16. The molecule has 5 rings (SSSR count). The second kappa shape index (κ2) is 12.5. The summed E-state index contributed by atoms with van der Waals surface area (Å²) in [5.74, 6) is 0.293. The van der Waals surface area contributed by atoms with Crippen LogP contribution in [0.15, 0.2) is 96.2 Å². The molecule has 0 aliphatic carbocycles. The maximum absolute atomic E-state index is 13.1. The third-order valence-electron chi connectivity index (χ3n) is 6.68. The van der Waals surface area contributed by atoms with Crippen LogP contribution >= 0.6 is 0 Å². The molecule has 1 aromatic heterocycles. The van der Waals surface area contributed by atoms with Gasteiger partial charge in [0.1, 0.15) is 17.7 Å². The Morgan fingerprint density at radius 3 is 2.63 bits per heavy atom. The molecule has 1 aliphatic rings. The topological polar surface area (TPSA) is 130 Å². The highest BCUT2D eigenvalue weighted by Gasteiger charge is 2.22. The molecule has 0 saturated carbocycles. The third kappa shape index (κ3) is 7.26. The molecule has 0 radical (unpaired) electrons. The van der Waals surface area contributed by atoms with Gasteiger partial charge in [-0.2, -0.15) is 0 Å². The monoisotopic (exact) mass is 576 g/mol. The summed E-state index contributed by atoms with van der Waals surface area (Å²) in [4.78, 5) is 16.2. The van der Waals surface area contributed by atoms with Crippen molar-refractivity contribution in [3.05, 3.63) is 108 Å². The molecule has 0 bridgehead atoms. The van der Waals surface area contributed by atoms with Crippen LogP contribution < -0.4 is 20.1 Å². The van der Waals surface area contributed by atoms with Gasteiger partial charge in [-0.05, 0) is 84.1 Å². The first-order chi connectivity index (χ1) is 19.8. The molecule has 4 N–H and O–H groups in total. The smallest absolute Gasteiger partial charge is 0.333 e. The highest BCUT2D eigenvalue weighted by atomic mass is 32.2. The van der Waals surface area contributed by atoms with E-state index in [0.717, 1.165) is 47.4 Å². The van der Waals surface area contributed by atoms with Crippen LogP contribution in [-0.2, 0) is 16.4 Å². The molecule has 4 aromatic rings. The summed E-state index contributed by atoms with van der Waals surface area (Å²) in [6.07, 6.45) is 4.18. The Kier molecular flexibility index (Phi) is 8.58. The molecule has 1 aliphatic heterocycles. The summed E-state index contributed by atoms with van der Waals surface area (Å²) in [5.41, 5.74) is 3.51. The number of carbonyl (C=O) groups is 1. The van der Waals surface area contributed by atoms with Crippen molar-refractivity contribution in [3.63, 3.8) is 0 Å². The third-order valence-corrected chi connectivity index (χ3v) is 8.00. The van der Waals surface area contributed by atoms with Gasteiger partial charge in [-0.3, -0.25) is 4.98 Å². The van der Waals surface area contributed by atoms with Crippen molar-refractivity contribution in [1.29, 1.82) is 0 Å². The largest absolute Gasteiger partial charge is 0.489 e. The van der Waals surface area contributed by atoms with E-state index in [9.17, 15) is 22.7 Å². The molecule has 41 heavy (non-hydrogen) atoms. The predicted molar refractivity (Wildman–Crippen MR) is 152 cm³/mol. The number of fused-ring (bicyclic) bond motifs is 1. The first-order valence-electron chi connectivity index (χ1n) is 13.0. The Morgan fingerprint density at radius 1 is 1.05 bits per heavy atom. The fraction of sp³-hybridized carbons (Fsp3) is 0.200. The summed E-state index contributed by atoms with van der Waals surface area (Å²) in [6, 6.07) is 19.7. The number of aromatic nitrogens is 1. The van der Waals surface area contributed by atoms with Gasteiger partial charge < -0.3 is 20.5 Å². The Labute approximate surface area is 237 Å². The van der Waals surface area contributed by atoms with Crippen molar-refractivity contribution in [2.24, 2.45) is 0 Å². The number of nitrogens with zero attached hydrogens (tertiary/aromatic N) is 1. The van der Waals surface area contributed by atoms with E-state index in [2.05, 4.69) is 15.6 Å². The average Bonchev–Trinajstić information content (AvgIpc) is 2.98. The van der Waals surface area contributed by atoms with Gasteiger partial charge in [-0.15, -0.1) is 0 Å². The van der Waals surface area contributed by atoms with Crippen LogP contribution in [0.2, 0.25) is 0 Å². The van der Waals surface area contributed by atoms with E-state index in [-0.39, 0.29) is 16.7 Å². The fourth-order valence-corrected chi connectivity index (χ4v) is 5.51. The van der Waals surface area contributed by atoms with Crippen molar-refractivity contribution in [3.8, 4) is 16.9 Å². The van der Waals surface area contributed by atoms with Crippen molar-refractivity contribution in [2.75, 3.05) is 18.4 Å². The molecular weight excluding hydrogens is 547 g/mol. The molecule has 212 valence electrons. The van der Waals surface area contributed by atoms with Gasteiger partial charge in [0.25, 0.3) is 10.0 Å². The van der Waals surface area contributed by atoms with Crippen LogP contribution in [-0.4, -0.2) is 43.7 Å². The number of carbonyl (C=O) groups excluding carboxylic acids is 1. The van der Waals surface area contributed by atoms with Gasteiger partial charge in [0.05, 0.1) is 11.0 Å². The Balaban J connectivity index is 1.19. The zero-order valence-electron chi connectivity index (χ0n) is 22.0. The van der Waals surface area contributed by atoms with E-state index in [1.165, 1.54) is 24.3 Å². The molecule has 2 heterocycles. The average molecular weight is 577 g/mol. The quantitative estimate of drug-likeness (QED) is 0.232. The minimum atomic E-state index is -4.16. The molecule has 2 amide bonds. The predicted octanol–water partition coefficient (Wildman–Crippen LogP) is 4.41. The molecule has 0 spiro atoms. The maximum atomic E-state index is 13.1. The first kappa shape index (κ1) is 28.2. The highest BCUT2D eigenvalue weighted by Crippen LogP contribution is 2.32. The Hall–Kier alpha value is -4.32. The summed E-state index contributed by atoms with van der Waals surface area (Å²) >= 11 is 0. The first-order valence-corrected chi connectivity index (χ1v) is 14.5. The number of pyridine rings is 1. The lowest BCUT2D eigenvalue weighted by molar-refractivity contribution is 0.146. The van der Waals surface area contributed by atoms with Gasteiger partial charge in [0, 0.05) is 36.7 Å². The van der Waals surface area contributed by atoms with Crippen LogP contribution in [0.4, 0.5) is 14.9 Å². The number of hydrogen-bond acceptors (Lipinski definition) is 7. The molecular formula is C30H29FN4O5S. The lowest BCUT2D eigenvalue weighted by Crippen LogP contribution is -2.36. The molecule has 11 heteroatoms. The van der Waals surface area contributed by atoms with Gasteiger partial charge in [-0.1, -0.05) is 24.3 Å². The van der Waals surface area contributed by atoms with Crippen LogP contribution in [0, 0.1) is 5.82 Å². The molecule has 0 fully saturated rings. The number of anilines is 1. The van der Waals surface area contributed by atoms with E-state index in [4.69, 9.17) is 4.74 Å². The van der Waals surface area contributed by atoms with Crippen molar-refractivity contribution in [2.45, 2.75) is 29.9 Å². The number of hydrogen-bond donors (Lipinski definition) is 4. The second-order valence-electron chi connectivity index (χ2n) is 9.66. The molecule has 2 atom stereocenters. The summed E-state index contributed by atoms with van der Waals surface area (Å²) in [5, 5.41) is 15.9. The van der Waals surface area contributed by atoms with Gasteiger partial charge in [0.15, 0.2) is 0 Å². The van der Waals surface area contributed by atoms with Crippen LogP contribution in [0.1, 0.15) is 23.7 Å². The summed E-state index contributed by atoms with van der Waals surface area (Å²) in [6.45, 7) is 0.972. The van der Waals surface area contributed by atoms with Crippen LogP contribution in [0.25, 0.3) is 11.1 Å². The number of amides is 2.